The lowest BCUT2D eigenvalue weighted by Gasteiger charge is -2.04. The number of rotatable bonds is 4. The summed E-state index contributed by atoms with van der Waals surface area (Å²) in [5.74, 6) is -0.849. The van der Waals surface area contributed by atoms with Crippen LogP contribution in [0.25, 0.3) is 6.08 Å². The van der Waals surface area contributed by atoms with Gasteiger partial charge in [-0.05, 0) is 23.8 Å². The van der Waals surface area contributed by atoms with Gasteiger partial charge >= 0.3 is 12.6 Å². The van der Waals surface area contributed by atoms with E-state index in [1.165, 1.54) is 24.3 Å². The molecule has 6 heteroatoms. The molecule has 1 rings (SSSR count). The molecule has 0 N–H and O–H groups in total. The lowest BCUT2D eigenvalue weighted by atomic mass is 10.1. The topological polar surface area (TPSA) is 59.3 Å². The normalized spacial score (nSPS) is 10.9. The molecule has 0 amide bonds. The van der Waals surface area contributed by atoms with Gasteiger partial charge in [0.05, 0.1) is 7.11 Å². The van der Waals surface area contributed by atoms with E-state index in [0.717, 1.165) is 7.11 Å². The third-order valence-corrected chi connectivity index (χ3v) is 1.92. The summed E-state index contributed by atoms with van der Waals surface area (Å²) in [7, 11) is 1.14. The highest BCUT2D eigenvalue weighted by molar-refractivity contribution is 5.97. The van der Waals surface area contributed by atoms with Gasteiger partial charge in [0.15, 0.2) is 0 Å². The second-order valence-corrected chi connectivity index (χ2v) is 3.11. The molecule has 1 aromatic rings. The zero-order valence-electron chi connectivity index (χ0n) is 9.39. The summed E-state index contributed by atoms with van der Waals surface area (Å²) in [6.45, 7) is -2.93. The molecule has 0 aliphatic carbocycles. The molecule has 0 heterocycles. The predicted molar refractivity (Wildman–Crippen MR) is 58.7 cm³/mol. The number of nitriles is 1. The van der Waals surface area contributed by atoms with Gasteiger partial charge in [0.1, 0.15) is 17.4 Å². The van der Waals surface area contributed by atoms with E-state index < -0.39 is 12.6 Å². The molecule has 0 atom stereocenters. The SMILES string of the molecule is COC(=O)C(C#N)=Cc1cccc(OC(F)F)c1. The number of carbonyl (C=O) groups is 1. The minimum Gasteiger partial charge on any atom is -0.465 e. The summed E-state index contributed by atoms with van der Waals surface area (Å²) in [6, 6.07) is 7.29. The summed E-state index contributed by atoms with van der Waals surface area (Å²) in [5.41, 5.74) is 0.154. The van der Waals surface area contributed by atoms with Crippen LogP contribution in [0.3, 0.4) is 0 Å². The van der Waals surface area contributed by atoms with Crippen LogP contribution in [0.1, 0.15) is 5.56 Å². The summed E-state index contributed by atoms with van der Waals surface area (Å²) >= 11 is 0. The Morgan fingerprint density at radius 3 is 2.78 bits per heavy atom. The summed E-state index contributed by atoms with van der Waals surface area (Å²) in [5, 5.41) is 8.73. The maximum absolute atomic E-state index is 12.0. The highest BCUT2D eigenvalue weighted by Crippen LogP contribution is 2.18. The molecule has 0 saturated carbocycles. The number of halogens is 2. The van der Waals surface area contributed by atoms with E-state index in [2.05, 4.69) is 9.47 Å². The van der Waals surface area contributed by atoms with Gasteiger partial charge < -0.3 is 9.47 Å². The first-order valence-electron chi connectivity index (χ1n) is 4.82. The highest BCUT2D eigenvalue weighted by atomic mass is 19.3. The van der Waals surface area contributed by atoms with Crippen LogP contribution < -0.4 is 4.74 Å². The maximum Gasteiger partial charge on any atom is 0.387 e. The van der Waals surface area contributed by atoms with Crippen LogP contribution in [0.5, 0.6) is 5.75 Å². The van der Waals surface area contributed by atoms with Crippen molar-refractivity contribution >= 4 is 12.0 Å². The number of nitrogens with zero attached hydrogens (tertiary/aromatic N) is 1. The van der Waals surface area contributed by atoms with Crippen LogP contribution in [0.15, 0.2) is 29.8 Å². The molecule has 0 aromatic heterocycles. The number of ether oxygens (including phenoxy) is 2. The number of alkyl halides is 2. The van der Waals surface area contributed by atoms with Crippen molar-refractivity contribution in [3.63, 3.8) is 0 Å². The van der Waals surface area contributed by atoms with Crippen LogP contribution in [0.4, 0.5) is 8.78 Å². The second kappa shape index (κ2) is 6.35. The van der Waals surface area contributed by atoms with Crippen LogP contribution in [-0.2, 0) is 9.53 Å². The number of carbonyl (C=O) groups excluding carboxylic acids is 1. The van der Waals surface area contributed by atoms with E-state index in [1.54, 1.807) is 12.1 Å². The largest absolute Gasteiger partial charge is 0.465 e. The van der Waals surface area contributed by atoms with Crippen molar-refractivity contribution in [1.82, 2.24) is 0 Å². The van der Waals surface area contributed by atoms with Gasteiger partial charge in [-0.15, -0.1) is 0 Å². The predicted octanol–water partition coefficient (Wildman–Crippen LogP) is 2.37. The first-order chi connectivity index (χ1) is 8.56. The standard InChI is InChI=1S/C12H9F2NO3/c1-17-11(16)9(7-15)5-8-3-2-4-10(6-8)18-12(13)14/h2-6,12H,1H3. The van der Waals surface area contributed by atoms with Crippen molar-refractivity contribution in [2.24, 2.45) is 0 Å². The van der Waals surface area contributed by atoms with Gasteiger partial charge in [-0.2, -0.15) is 14.0 Å². The summed E-state index contributed by atoms with van der Waals surface area (Å²) in [6.07, 6.45) is 1.23. The third-order valence-electron chi connectivity index (χ3n) is 1.92. The fourth-order valence-corrected chi connectivity index (χ4v) is 1.19. The fourth-order valence-electron chi connectivity index (χ4n) is 1.19. The molecule has 0 aliphatic rings. The average molecular weight is 253 g/mol. The van der Waals surface area contributed by atoms with E-state index in [1.807, 2.05) is 0 Å². The molecule has 0 saturated heterocycles. The molecule has 0 spiro atoms. The van der Waals surface area contributed by atoms with Gasteiger partial charge in [-0.1, -0.05) is 12.1 Å². The molecule has 0 aliphatic heterocycles. The number of hydrogen-bond donors (Lipinski definition) is 0. The Kier molecular flexibility index (Phi) is 4.81. The van der Waals surface area contributed by atoms with Crippen molar-refractivity contribution in [3.8, 4) is 11.8 Å². The smallest absolute Gasteiger partial charge is 0.387 e. The maximum atomic E-state index is 12.0. The molecule has 0 fully saturated rings. The first-order valence-corrected chi connectivity index (χ1v) is 4.82. The molecule has 4 nitrogen and oxygen atoms in total. The number of benzene rings is 1. The van der Waals surface area contributed by atoms with E-state index in [4.69, 9.17) is 5.26 Å². The number of esters is 1. The van der Waals surface area contributed by atoms with Gasteiger partial charge in [-0.3, -0.25) is 0 Å². The Morgan fingerprint density at radius 1 is 1.50 bits per heavy atom. The highest BCUT2D eigenvalue weighted by Gasteiger charge is 2.09. The average Bonchev–Trinajstić information content (AvgIpc) is 2.34. The Labute approximate surface area is 102 Å². The monoisotopic (exact) mass is 253 g/mol. The van der Waals surface area contributed by atoms with Crippen molar-refractivity contribution in [3.05, 3.63) is 35.4 Å². The van der Waals surface area contributed by atoms with Crippen LogP contribution in [0.2, 0.25) is 0 Å². The minimum absolute atomic E-state index is 0.0547. The lowest BCUT2D eigenvalue weighted by molar-refractivity contribution is -0.135. The van der Waals surface area contributed by atoms with E-state index >= 15 is 0 Å². The van der Waals surface area contributed by atoms with Crippen molar-refractivity contribution in [2.45, 2.75) is 6.61 Å². The summed E-state index contributed by atoms with van der Waals surface area (Å²) in [4.78, 5) is 11.1. The van der Waals surface area contributed by atoms with Gasteiger partial charge in [0.2, 0.25) is 0 Å². The first kappa shape index (κ1) is 13.6. The quantitative estimate of drug-likeness (QED) is 0.469. The Bertz CT molecular complexity index is 506. The number of hydrogen-bond acceptors (Lipinski definition) is 4. The van der Waals surface area contributed by atoms with Crippen LogP contribution in [0, 0.1) is 11.3 Å². The van der Waals surface area contributed by atoms with E-state index in [9.17, 15) is 13.6 Å². The minimum atomic E-state index is -2.93. The summed E-state index contributed by atoms with van der Waals surface area (Å²) < 4.78 is 32.6. The van der Waals surface area contributed by atoms with Crippen LogP contribution in [-0.4, -0.2) is 19.7 Å². The zero-order chi connectivity index (χ0) is 13.5. The molecule has 18 heavy (non-hydrogen) atoms. The van der Waals surface area contributed by atoms with E-state index in [0.29, 0.717) is 5.56 Å². The molecule has 0 unspecified atom stereocenters. The van der Waals surface area contributed by atoms with Gasteiger partial charge in [-0.25, -0.2) is 4.79 Å². The van der Waals surface area contributed by atoms with E-state index in [-0.39, 0.29) is 11.3 Å². The third kappa shape index (κ3) is 3.87. The molecular weight excluding hydrogens is 244 g/mol. The Hall–Kier alpha value is -2.42. The van der Waals surface area contributed by atoms with Crippen molar-refractivity contribution in [1.29, 1.82) is 5.26 Å². The molecule has 94 valence electrons. The van der Waals surface area contributed by atoms with Gasteiger partial charge in [0.25, 0.3) is 0 Å². The van der Waals surface area contributed by atoms with Gasteiger partial charge in [0, 0.05) is 0 Å². The van der Waals surface area contributed by atoms with Crippen molar-refractivity contribution in [2.75, 3.05) is 7.11 Å². The van der Waals surface area contributed by atoms with Crippen LogP contribution >= 0.6 is 0 Å². The second-order valence-electron chi connectivity index (χ2n) is 3.11. The molecule has 0 radical (unpaired) electrons. The number of methoxy groups -OCH3 is 1. The molecule has 0 bridgehead atoms. The Morgan fingerprint density at radius 2 is 2.22 bits per heavy atom. The zero-order valence-corrected chi connectivity index (χ0v) is 9.39. The van der Waals surface area contributed by atoms with Crippen molar-refractivity contribution < 1.29 is 23.0 Å². The molecule has 1 aromatic carbocycles. The molecular formula is C12H9F2NO3. The fraction of sp³-hybridized carbons (Fsp3) is 0.167. The lowest BCUT2D eigenvalue weighted by Crippen LogP contribution is -2.03. The Balaban J connectivity index is 3.00.